The van der Waals surface area contributed by atoms with Gasteiger partial charge in [-0.3, -0.25) is 0 Å². The van der Waals surface area contributed by atoms with Crippen LogP contribution in [0.15, 0.2) is 27.1 Å². The fourth-order valence-electron chi connectivity index (χ4n) is 0.704. The number of hydrogen-bond donors (Lipinski definition) is 0. The normalized spacial score (nSPS) is 10.8. The third-order valence-corrected chi connectivity index (χ3v) is 4.54. The van der Waals surface area contributed by atoms with Gasteiger partial charge in [0.25, 0.3) is 0 Å². The van der Waals surface area contributed by atoms with Crippen molar-refractivity contribution >= 4 is 68.2 Å². The molecule has 0 spiro atoms. The molecule has 0 aliphatic heterocycles. The van der Waals surface area contributed by atoms with Crippen LogP contribution in [0.25, 0.3) is 0 Å². The minimum Gasteiger partial charge on any atom is -0.683 e. The summed E-state index contributed by atoms with van der Waals surface area (Å²) in [7, 11) is -4.66. The van der Waals surface area contributed by atoms with E-state index in [1.807, 2.05) is 0 Å². The monoisotopic (exact) mass is 336 g/mol. The standard InChI is InChI=1S/C6H5Br2O3P.Mg/c7-4-2-1-3-5(6(4)8)12(9,10)11;/h1-3H,(H2,9,10,11);/q;+2/p-2. The summed E-state index contributed by atoms with van der Waals surface area (Å²) in [5.41, 5.74) is 0. The molecule has 0 amide bonds. The smallest absolute Gasteiger partial charge is 0.683 e. The van der Waals surface area contributed by atoms with E-state index >= 15 is 0 Å². The van der Waals surface area contributed by atoms with Crippen LogP contribution in [0, 0.1) is 0 Å². The SMILES string of the molecule is [Mg+2].[O-][P+]([O-])([O-])c1cccc(Br)c1Br. The molecule has 66 valence electrons. The third-order valence-electron chi connectivity index (χ3n) is 1.23. The van der Waals surface area contributed by atoms with Crippen LogP contribution < -0.4 is 20.0 Å². The first-order valence-electron chi connectivity index (χ1n) is 2.89. The van der Waals surface area contributed by atoms with E-state index in [1.165, 1.54) is 12.1 Å². The quantitative estimate of drug-likeness (QED) is 0.502. The molecule has 0 aliphatic rings. The second kappa shape index (κ2) is 5.37. The van der Waals surface area contributed by atoms with Crippen molar-refractivity contribution in [3.05, 3.63) is 27.1 Å². The second-order valence-corrected chi connectivity index (χ2v) is 5.19. The van der Waals surface area contributed by atoms with Gasteiger partial charge >= 0.3 is 23.1 Å². The van der Waals surface area contributed by atoms with E-state index in [-0.39, 0.29) is 32.8 Å². The molecule has 0 unspecified atom stereocenters. The molecule has 0 saturated heterocycles. The van der Waals surface area contributed by atoms with Crippen molar-refractivity contribution in [3.63, 3.8) is 0 Å². The van der Waals surface area contributed by atoms with E-state index in [0.29, 0.717) is 4.47 Å². The van der Waals surface area contributed by atoms with E-state index in [1.54, 1.807) is 6.07 Å². The Hall–Kier alpha value is 1.26. The van der Waals surface area contributed by atoms with Gasteiger partial charge in [0, 0.05) is 4.47 Å². The van der Waals surface area contributed by atoms with Crippen molar-refractivity contribution in [2.75, 3.05) is 0 Å². The molecule has 1 aromatic carbocycles. The Morgan fingerprint density at radius 1 is 1.08 bits per heavy atom. The van der Waals surface area contributed by atoms with Crippen LogP contribution in [0.1, 0.15) is 0 Å². The van der Waals surface area contributed by atoms with Crippen LogP contribution in [0.3, 0.4) is 0 Å². The Kier molecular flexibility index (Phi) is 5.89. The number of hydrogen-bond acceptors (Lipinski definition) is 3. The van der Waals surface area contributed by atoms with Gasteiger partial charge < -0.3 is 14.7 Å². The molecule has 0 heterocycles. The van der Waals surface area contributed by atoms with Gasteiger partial charge in [-0.2, -0.15) is 0 Å². The summed E-state index contributed by atoms with van der Waals surface area (Å²) >= 11 is 6.09. The van der Waals surface area contributed by atoms with Crippen LogP contribution in [0.2, 0.25) is 0 Å². The average Bonchev–Trinajstić information content (AvgIpc) is 1.92. The largest absolute Gasteiger partial charge is 2.00 e. The Labute approximate surface area is 109 Å². The van der Waals surface area contributed by atoms with Crippen LogP contribution in [-0.4, -0.2) is 23.1 Å². The van der Waals surface area contributed by atoms with E-state index in [4.69, 9.17) is 0 Å². The van der Waals surface area contributed by atoms with E-state index in [2.05, 4.69) is 31.9 Å². The summed E-state index contributed by atoms with van der Waals surface area (Å²) in [6.07, 6.45) is 0. The van der Waals surface area contributed by atoms with Gasteiger partial charge in [0.2, 0.25) is 0 Å². The van der Waals surface area contributed by atoms with Crippen LogP contribution in [-0.2, 0) is 0 Å². The minimum absolute atomic E-state index is 0. The first kappa shape index (κ1) is 14.3. The zero-order valence-electron chi connectivity index (χ0n) is 6.37. The van der Waals surface area contributed by atoms with E-state index in [9.17, 15) is 14.7 Å². The molecule has 0 radical (unpaired) electrons. The number of benzene rings is 1. The zero-order valence-corrected chi connectivity index (χ0v) is 11.8. The molecule has 0 bridgehead atoms. The maximum atomic E-state index is 10.6. The van der Waals surface area contributed by atoms with Crippen molar-refractivity contribution in [2.45, 2.75) is 0 Å². The van der Waals surface area contributed by atoms with Gasteiger partial charge in [0.15, 0.2) is 0 Å². The summed E-state index contributed by atoms with van der Waals surface area (Å²) < 4.78 is 0.824. The molecule has 0 aromatic heterocycles. The summed E-state index contributed by atoms with van der Waals surface area (Å²) in [6, 6.07) is 4.39. The Morgan fingerprint density at radius 3 is 2.00 bits per heavy atom. The van der Waals surface area contributed by atoms with Crippen molar-refractivity contribution in [1.29, 1.82) is 0 Å². The Balaban J connectivity index is 0.00000144. The molecule has 0 aliphatic carbocycles. The topological polar surface area (TPSA) is 69.2 Å². The fraction of sp³-hybridized carbons (Fsp3) is 0. The third kappa shape index (κ3) is 3.72. The molecular formula is C6H3Br2MgO3P. The van der Waals surface area contributed by atoms with Crippen molar-refractivity contribution in [3.8, 4) is 0 Å². The molecule has 1 rings (SSSR count). The van der Waals surface area contributed by atoms with Crippen molar-refractivity contribution in [1.82, 2.24) is 0 Å². The van der Waals surface area contributed by atoms with Crippen molar-refractivity contribution < 1.29 is 14.7 Å². The summed E-state index contributed by atoms with van der Waals surface area (Å²) in [6.45, 7) is 0. The summed E-state index contributed by atoms with van der Waals surface area (Å²) in [4.78, 5) is 31.9. The zero-order chi connectivity index (χ0) is 9.35. The first-order chi connectivity index (χ1) is 5.43. The molecule has 13 heavy (non-hydrogen) atoms. The van der Waals surface area contributed by atoms with Gasteiger partial charge in [-0.25, -0.2) is 0 Å². The van der Waals surface area contributed by atoms with Gasteiger partial charge in [-0.15, -0.1) is 7.94 Å². The molecule has 0 atom stereocenters. The van der Waals surface area contributed by atoms with Gasteiger partial charge in [0.05, 0.1) is 9.78 Å². The molecule has 0 fully saturated rings. The Morgan fingerprint density at radius 2 is 1.62 bits per heavy atom. The van der Waals surface area contributed by atoms with Crippen LogP contribution in [0.5, 0.6) is 0 Å². The predicted octanol–water partition coefficient (Wildman–Crippen LogP) is -0.700. The average molecular weight is 338 g/mol. The van der Waals surface area contributed by atoms with Crippen LogP contribution >= 0.6 is 39.8 Å². The van der Waals surface area contributed by atoms with Gasteiger partial charge in [0.1, 0.15) is 0 Å². The minimum atomic E-state index is -4.66. The molecule has 0 saturated carbocycles. The molecule has 7 heteroatoms. The van der Waals surface area contributed by atoms with Gasteiger partial charge in [-0.05, 0) is 44.0 Å². The summed E-state index contributed by atoms with van der Waals surface area (Å²) in [5, 5.41) is -0.225. The van der Waals surface area contributed by atoms with Gasteiger partial charge in [-0.1, -0.05) is 6.07 Å². The van der Waals surface area contributed by atoms with E-state index in [0.717, 1.165) is 0 Å². The Bertz CT molecular complexity index is 302. The molecule has 0 N–H and O–H groups in total. The summed E-state index contributed by atoms with van der Waals surface area (Å²) in [5.74, 6) is 0. The number of halogens is 2. The molecular weight excluding hydrogens is 335 g/mol. The maximum Gasteiger partial charge on any atom is 2.00 e. The second-order valence-electron chi connectivity index (χ2n) is 2.07. The molecule has 1 aromatic rings. The maximum absolute atomic E-state index is 10.6. The van der Waals surface area contributed by atoms with Crippen LogP contribution in [0.4, 0.5) is 0 Å². The predicted molar refractivity (Wildman–Crippen MR) is 54.2 cm³/mol. The van der Waals surface area contributed by atoms with Crippen molar-refractivity contribution in [2.24, 2.45) is 0 Å². The van der Waals surface area contributed by atoms with E-state index < -0.39 is 7.94 Å². The molecule has 3 nitrogen and oxygen atoms in total. The number of rotatable bonds is 1. The fourth-order valence-corrected chi connectivity index (χ4v) is 2.77. The first-order valence-corrected chi connectivity index (χ1v) is 6.02.